The van der Waals surface area contributed by atoms with Gasteiger partial charge in [0.25, 0.3) is 0 Å². The molecule has 0 heterocycles. The fourth-order valence-electron chi connectivity index (χ4n) is 1.94. The second-order valence-corrected chi connectivity index (χ2v) is 4.66. The monoisotopic (exact) mass is 240 g/mol. The third-order valence-corrected chi connectivity index (χ3v) is 3.16. The Morgan fingerprint density at radius 2 is 1.78 bits per heavy atom. The van der Waals surface area contributed by atoms with Gasteiger partial charge < -0.3 is 5.01 Å². The van der Waals surface area contributed by atoms with Gasteiger partial charge in [0.15, 0.2) is 0 Å². The van der Waals surface area contributed by atoms with E-state index in [2.05, 4.69) is 72.8 Å². The zero-order valence-corrected chi connectivity index (χ0v) is 11.3. The molecule has 0 atom stereocenters. The van der Waals surface area contributed by atoms with Crippen molar-refractivity contribution in [1.82, 2.24) is 5.43 Å². The SMILES string of the molecule is Cc1cccc(N(C)NCc2ccccc2C)c1. The van der Waals surface area contributed by atoms with Gasteiger partial charge in [-0.15, -0.1) is 0 Å². The van der Waals surface area contributed by atoms with E-state index < -0.39 is 0 Å². The number of rotatable bonds is 4. The van der Waals surface area contributed by atoms with Crippen LogP contribution >= 0.6 is 0 Å². The lowest BCUT2D eigenvalue weighted by atomic mass is 10.1. The molecule has 2 nitrogen and oxygen atoms in total. The molecular weight excluding hydrogens is 220 g/mol. The third-order valence-electron chi connectivity index (χ3n) is 3.16. The summed E-state index contributed by atoms with van der Waals surface area (Å²) in [4.78, 5) is 0. The smallest absolute Gasteiger partial charge is 0.0519 e. The molecule has 0 amide bonds. The highest BCUT2D eigenvalue weighted by molar-refractivity contribution is 5.46. The molecule has 0 aromatic heterocycles. The Bertz CT molecular complexity index is 520. The molecule has 0 aliphatic rings. The molecule has 2 aromatic rings. The highest BCUT2D eigenvalue weighted by Gasteiger charge is 2.01. The number of benzene rings is 2. The number of nitrogens with one attached hydrogen (secondary N) is 1. The van der Waals surface area contributed by atoms with Crippen LogP contribution in [-0.4, -0.2) is 7.05 Å². The summed E-state index contributed by atoms with van der Waals surface area (Å²) in [7, 11) is 2.05. The molecule has 0 radical (unpaired) electrons. The van der Waals surface area contributed by atoms with Crippen molar-refractivity contribution in [2.24, 2.45) is 0 Å². The first-order valence-corrected chi connectivity index (χ1v) is 6.25. The van der Waals surface area contributed by atoms with Crippen molar-refractivity contribution < 1.29 is 0 Å². The summed E-state index contributed by atoms with van der Waals surface area (Å²) in [6.45, 7) is 5.10. The van der Waals surface area contributed by atoms with Crippen molar-refractivity contribution >= 4 is 5.69 Å². The highest BCUT2D eigenvalue weighted by atomic mass is 15.5. The first-order chi connectivity index (χ1) is 8.66. The lowest BCUT2D eigenvalue weighted by molar-refractivity contribution is 0.676. The summed E-state index contributed by atoms with van der Waals surface area (Å²) in [5.74, 6) is 0. The fourth-order valence-corrected chi connectivity index (χ4v) is 1.94. The van der Waals surface area contributed by atoms with Gasteiger partial charge in [-0.1, -0.05) is 36.4 Å². The number of nitrogens with zero attached hydrogens (tertiary/aromatic N) is 1. The summed E-state index contributed by atoms with van der Waals surface area (Å²) in [6, 6.07) is 16.9. The Hall–Kier alpha value is -1.80. The molecule has 2 heteroatoms. The minimum Gasteiger partial charge on any atom is -0.311 e. The van der Waals surface area contributed by atoms with Crippen molar-refractivity contribution in [3.05, 3.63) is 65.2 Å². The Morgan fingerprint density at radius 3 is 2.50 bits per heavy atom. The summed E-state index contributed by atoms with van der Waals surface area (Å²) in [5, 5.41) is 2.07. The van der Waals surface area contributed by atoms with Gasteiger partial charge in [-0.3, -0.25) is 0 Å². The van der Waals surface area contributed by atoms with Gasteiger partial charge in [0.05, 0.1) is 5.69 Å². The summed E-state index contributed by atoms with van der Waals surface area (Å²) < 4.78 is 0. The van der Waals surface area contributed by atoms with Crippen molar-refractivity contribution in [3.63, 3.8) is 0 Å². The number of hydrazine groups is 1. The Balaban J connectivity index is 2.00. The standard InChI is InChI=1S/C16H20N2/c1-13-7-6-10-16(11-13)18(3)17-12-15-9-5-4-8-14(15)2/h4-11,17H,12H2,1-3H3. The van der Waals surface area contributed by atoms with Gasteiger partial charge in [0.1, 0.15) is 0 Å². The third kappa shape index (κ3) is 3.11. The zero-order chi connectivity index (χ0) is 13.0. The van der Waals surface area contributed by atoms with E-state index in [-0.39, 0.29) is 0 Å². The molecule has 0 saturated heterocycles. The molecule has 2 rings (SSSR count). The summed E-state index contributed by atoms with van der Waals surface area (Å²) in [5.41, 5.74) is 8.53. The molecule has 1 N–H and O–H groups in total. The highest BCUT2D eigenvalue weighted by Crippen LogP contribution is 2.13. The van der Waals surface area contributed by atoms with Crippen LogP contribution < -0.4 is 10.4 Å². The second-order valence-electron chi connectivity index (χ2n) is 4.66. The van der Waals surface area contributed by atoms with E-state index in [0.717, 1.165) is 6.54 Å². The van der Waals surface area contributed by atoms with Crippen LogP contribution in [0.15, 0.2) is 48.5 Å². The Kier molecular flexibility index (Phi) is 4.00. The minimum atomic E-state index is 0.844. The molecule has 18 heavy (non-hydrogen) atoms. The van der Waals surface area contributed by atoms with E-state index >= 15 is 0 Å². The first kappa shape index (κ1) is 12.7. The molecule has 0 aliphatic carbocycles. The Labute approximate surface area is 109 Å². The largest absolute Gasteiger partial charge is 0.311 e. The van der Waals surface area contributed by atoms with Crippen LogP contribution in [0.4, 0.5) is 5.69 Å². The van der Waals surface area contributed by atoms with E-state index in [4.69, 9.17) is 0 Å². The maximum Gasteiger partial charge on any atom is 0.0519 e. The van der Waals surface area contributed by atoms with Crippen molar-refractivity contribution in [2.75, 3.05) is 12.1 Å². The number of hydrogen-bond donors (Lipinski definition) is 1. The number of hydrogen-bond acceptors (Lipinski definition) is 2. The maximum absolute atomic E-state index is 3.42. The van der Waals surface area contributed by atoms with E-state index in [1.807, 2.05) is 7.05 Å². The van der Waals surface area contributed by atoms with Gasteiger partial charge in [0.2, 0.25) is 0 Å². The second kappa shape index (κ2) is 5.69. The van der Waals surface area contributed by atoms with Crippen molar-refractivity contribution in [3.8, 4) is 0 Å². The van der Waals surface area contributed by atoms with Crippen LogP contribution in [-0.2, 0) is 6.54 Å². The van der Waals surface area contributed by atoms with Crippen molar-refractivity contribution in [2.45, 2.75) is 20.4 Å². The minimum absolute atomic E-state index is 0.844. The van der Waals surface area contributed by atoms with Crippen LogP contribution in [0, 0.1) is 13.8 Å². The van der Waals surface area contributed by atoms with Gasteiger partial charge in [-0.05, 0) is 42.7 Å². The normalized spacial score (nSPS) is 10.4. The van der Waals surface area contributed by atoms with Crippen LogP contribution in [0.5, 0.6) is 0 Å². The van der Waals surface area contributed by atoms with Gasteiger partial charge in [0, 0.05) is 13.6 Å². The van der Waals surface area contributed by atoms with Crippen LogP contribution in [0.3, 0.4) is 0 Å². The molecule has 0 aliphatic heterocycles. The van der Waals surface area contributed by atoms with E-state index in [0.29, 0.717) is 0 Å². The fraction of sp³-hybridized carbons (Fsp3) is 0.250. The van der Waals surface area contributed by atoms with Crippen LogP contribution in [0.25, 0.3) is 0 Å². The van der Waals surface area contributed by atoms with Crippen LogP contribution in [0.1, 0.15) is 16.7 Å². The topological polar surface area (TPSA) is 15.3 Å². The van der Waals surface area contributed by atoms with Gasteiger partial charge in [-0.25, -0.2) is 5.43 Å². The van der Waals surface area contributed by atoms with E-state index in [9.17, 15) is 0 Å². The average molecular weight is 240 g/mol. The van der Waals surface area contributed by atoms with Crippen LogP contribution in [0.2, 0.25) is 0 Å². The number of aryl methyl sites for hydroxylation is 2. The summed E-state index contributed by atoms with van der Waals surface area (Å²) in [6.07, 6.45) is 0. The predicted octanol–water partition coefficient (Wildman–Crippen LogP) is 3.44. The molecule has 0 bridgehead atoms. The van der Waals surface area contributed by atoms with E-state index in [1.165, 1.54) is 22.4 Å². The van der Waals surface area contributed by atoms with E-state index in [1.54, 1.807) is 0 Å². The van der Waals surface area contributed by atoms with Gasteiger partial charge in [-0.2, -0.15) is 0 Å². The number of anilines is 1. The van der Waals surface area contributed by atoms with Gasteiger partial charge >= 0.3 is 0 Å². The first-order valence-electron chi connectivity index (χ1n) is 6.25. The molecule has 94 valence electrons. The van der Waals surface area contributed by atoms with Crippen molar-refractivity contribution in [1.29, 1.82) is 0 Å². The molecule has 0 unspecified atom stereocenters. The zero-order valence-electron chi connectivity index (χ0n) is 11.3. The molecule has 0 spiro atoms. The molecule has 0 saturated carbocycles. The Morgan fingerprint density at radius 1 is 1.00 bits per heavy atom. The molecule has 2 aromatic carbocycles. The lowest BCUT2D eigenvalue weighted by Gasteiger charge is -2.21. The quantitative estimate of drug-likeness (QED) is 0.823. The summed E-state index contributed by atoms with van der Waals surface area (Å²) >= 11 is 0. The predicted molar refractivity (Wildman–Crippen MR) is 77.6 cm³/mol. The molecule has 0 fully saturated rings. The average Bonchev–Trinajstić information content (AvgIpc) is 2.37. The maximum atomic E-state index is 3.42. The molecular formula is C16H20N2. The lowest BCUT2D eigenvalue weighted by Crippen LogP contribution is -2.33.